The predicted octanol–water partition coefficient (Wildman–Crippen LogP) is 3.38. The molecule has 0 saturated carbocycles. The van der Waals surface area contributed by atoms with Gasteiger partial charge in [0.25, 0.3) is 0 Å². The van der Waals surface area contributed by atoms with Crippen molar-refractivity contribution in [2.75, 3.05) is 20.2 Å². The number of para-hydroxylation sites is 1. The van der Waals surface area contributed by atoms with Crippen LogP contribution in [0.15, 0.2) is 24.3 Å². The number of nitrogens with one attached hydrogen (secondary N) is 1. The Kier molecular flexibility index (Phi) is 5.76. The molecule has 1 saturated heterocycles. The number of urea groups is 1. The van der Waals surface area contributed by atoms with Crippen LogP contribution >= 0.6 is 11.3 Å². The summed E-state index contributed by atoms with van der Waals surface area (Å²) < 4.78 is 5.98. The van der Waals surface area contributed by atoms with Crippen molar-refractivity contribution in [3.8, 4) is 0 Å². The molecule has 2 aromatic rings. The number of likely N-dealkylation sites (tertiary alicyclic amines) is 1. The molecule has 1 N–H and O–H groups in total. The Morgan fingerprint density at radius 2 is 2.12 bits per heavy atom. The number of ether oxygens (including phenoxy) is 1. The lowest BCUT2D eigenvalue weighted by Gasteiger charge is -2.33. The molecule has 0 radical (unpaired) electrons. The van der Waals surface area contributed by atoms with E-state index in [-0.39, 0.29) is 17.9 Å². The van der Waals surface area contributed by atoms with Crippen molar-refractivity contribution >= 4 is 33.6 Å². The molecule has 1 aliphatic heterocycles. The standard InChI is InChI=1S/C19H25N3O3S/c1-12(2)16(18(23)25-3)21-19(24)22-10-6-7-13(11-22)17-20-14-8-4-5-9-15(14)26-17/h4-5,8-9,12-13,16H,6-7,10-11H2,1-3H3,(H,21,24)/t13?,16-/m1/s1. The van der Waals surface area contributed by atoms with E-state index in [4.69, 9.17) is 9.72 Å². The lowest BCUT2D eigenvalue weighted by Crippen LogP contribution is -2.52. The largest absolute Gasteiger partial charge is 0.467 e. The van der Waals surface area contributed by atoms with Crippen molar-refractivity contribution in [2.24, 2.45) is 5.92 Å². The zero-order chi connectivity index (χ0) is 18.7. The van der Waals surface area contributed by atoms with E-state index in [1.165, 1.54) is 11.8 Å². The summed E-state index contributed by atoms with van der Waals surface area (Å²) in [5, 5.41) is 3.91. The molecule has 26 heavy (non-hydrogen) atoms. The summed E-state index contributed by atoms with van der Waals surface area (Å²) >= 11 is 1.70. The van der Waals surface area contributed by atoms with Crippen LogP contribution in [-0.4, -0.2) is 48.1 Å². The third kappa shape index (κ3) is 3.98. The first-order valence-corrected chi connectivity index (χ1v) is 9.80. The van der Waals surface area contributed by atoms with Gasteiger partial charge in [-0.05, 0) is 30.9 Å². The highest BCUT2D eigenvalue weighted by Gasteiger charge is 2.31. The molecular formula is C19H25N3O3S. The van der Waals surface area contributed by atoms with Gasteiger partial charge in [-0.3, -0.25) is 0 Å². The number of methoxy groups -OCH3 is 1. The monoisotopic (exact) mass is 375 g/mol. The van der Waals surface area contributed by atoms with Crippen molar-refractivity contribution < 1.29 is 14.3 Å². The molecule has 2 heterocycles. The molecule has 0 spiro atoms. The maximum Gasteiger partial charge on any atom is 0.328 e. The predicted molar refractivity (Wildman–Crippen MR) is 102 cm³/mol. The second-order valence-corrected chi connectivity index (χ2v) is 8.06. The quantitative estimate of drug-likeness (QED) is 0.832. The Morgan fingerprint density at radius 3 is 2.81 bits per heavy atom. The molecule has 1 aliphatic rings. The molecule has 7 heteroatoms. The van der Waals surface area contributed by atoms with Crippen LogP contribution in [0, 0.1) is 5.92 Å². The first-order valence-electron chi connectivity index (χ1n) is 8.98. The molecular weight excluding hydrogens is 350 g/mol. The van der Waals surface area contributed by atoms with E-state index in [0.717, 1.165) is 23.4 Å². The number of thiazole rings is 1. The SMILES string of the molecule is COC(=O)[C@H](NC(=O)N1CCCC(c2nc3ccccc3s2)C1)C(C)C. The van der Waals surface area contributed by atoms with E-state index >= 15 is 0 Å². The first kappa shape index (κ1) is 18.6. The van der Waals surface area contributed by atoms with Gasteiger partial charge >= 0.3 is 12.0 Å². The third-order valence-electron chi connectivity index (χ3n) is 4.77. The Hall–Kier alpha value is -2.15. The second-order valence-electron chi connectivity index (χ2n) is 7.00. The van der Waals surface area contributed by atoms with Gasteiger partial charge < -0.3 is 15.0 Å². The van der Waals surface area contributed by atoms with Crippen molar-refractivity contribution in [2.45, 2.75) is 38.6 Å². The smallest absolute Gasteiger partial charge is 0.328 e. The number of carbonyl (C=O) groups excluding carboxylic acids is 2. The normalized spacial score (nSPS) is 18.8. The zero-order valence-corrected chi connectivity index (χ0v) is 16.2. The second kappa shape index (κ2) is 8.03. The van der Waals surface area contributed by atoms with Crippen molar-refractivity contribution in [1.82, 2.24) is 15.2 Å². The summed E-state index contributed by atoms with van der Waals surface area (Å²) in [4.78, 5) is 31.1. The summed E-state index contributed by atoms with van der Waals surface area (Å²) in [5.41, 5.74) is 1.01. The topological polar surface area (TPSA) is 71.5 Å². The number of esters is 1. The maximum absolute atomic E-state index is 12.7. The average molecular weight is 375 g/mol. The van der Waals surface area contributed by atoms with Crippen molar-refractivity contribution in [3.05, 3.63) is 29.3 Å². The van der Waals surface area contributed by atoms with Crippen LogP contribution in [0.1, 0.15) is 37.6 Å². The van der Waals surface area contributed by atoms with Gasteiger partial charge in [0, 0.05) is 19.0 Å². The van der Waals surface area contributed by atoms with E-state index in [1.807, 2.05) is 32.0 Å². The van der Waals surface area contributed by atoms with Gasteiger partial charge in [0.15, 0.2) is 0 Å². The van der Waals surface area contributed by atoms with Gasteiger partial charge in [-0.15, -0.1) is 11.3 Å². The highest BCUT2D eigenvalue weighted by molar-refractivity contribution is 7.18. The number of piperidine rings is 1. The zero-order valence-electron chi connectivity index (χ0n) is 15.4. The Morgan fingerprint density at radius 1 is 1.35 bits per heavy atom. The van der Waals surface area contributed by atoms with E-state index in [1.54, 1.807) is 16.2 Å². The number of nitrogens with zero attached hydrogens (tertiary/aromatic N) is 2. The van der Waals surface area contributed by atoms with Crippen LogP contribution in [0.5, 0.6) is 0 Å². The molecule has 3 rings (SSSR count). The molecule has 2 amide bonds. The summed E-state index contributed by atoms with van der Waals surface area (Å²) in [6, 6.07) is 7.27. The number of hydrogen-bond acceptors (Lipinski definition) is 5. The highest BCUT2D eigenvalue weighted by atomic mass is 32.1. The number of benzene rings is 1. The van der Waals surface area contributed by atoms with E-state index in [0.29, 0.717) is 13.1 Å². The fraction of sp³-hybridized carbons (Fsp3) is 0.526. The number of carbonyl (C=O) groups is 2. The van der Waals surface area contributed by atoms with Crippen LogP contribution in [0.4, 0.5) is 4.79 Å². The summed E-state index contributed by atoms with van der Waals surface area (Å²) in [6.45, 7) is 5.10. The molecule has 2 atom stereocenters. The molecule has 1 fully saturated rings. The minimum atomic E-state index is -0.629. The third-order valence-corrected chi connectivity index (χ3v) is 5.97. The Bertz CT molecular complexity index is 756. The van der Waals surface area contributed by atoms with Gasteiger partial charge in [-0.25, -0.2) is 14.6 Å². The van der Waals surface area contributed by atoms with Gasteiger partial charge in [0.05, 0.1) is 22.3 Å². The molecule has 1 unspecified atom stereocenters. The van der Waals surface area contributed by atoms with E-state index < -0.39 is 12.0 Å². The Balaban J connectivity index is 1.69. The maximum atomic E-state index is 12.7. The molecule has 6 nitrogen and oxygen atoms in total. The minimum Gasteiger partial charge on any atom is -0.467 e. The van der Waals surface area contributed by atoms with Crippen LogP contribution in [-0.2, 0) is 9.53 Å². The summed E-state index contributed by atoms with van der Waals surface area (Å²) in [5.74, 6) is -0.202. The molecule has 1 aromatic carbocycles. The minimum absolute atomic E-state index is 0.0313. The van der Waals surface area contributed by atoms with Crippen LogP contribution in [0.2, 0.25) is 0 Å². The Labute approximate surface area is 157 Å². The average Bonchev–Trinajstić information content (AvgIpc) is 3.09. The number of aromatic nitrogens is 1. The van der Waals surface area contributed by atoms with Crippen molar-refractivity contribution in [1.29, 1.82) is 0 Å². The van der Waals surface area contributed by atoms with Gasteiger partial charge in [-0.2, -0.15) is 0 Å². The van der Waals surface area contributed by atoms with Crippen molar-refractivity contribution in [3.63, 3.8) is 0 Å². The lowest BCUT2D eigenvalue weighted by atomic mass is 9.99. The number of hydrogen-bond donors (Lipinski definition) is 1. The molecule has 0 bridgehead atoms. The molecule has 0 aliphatic carbocycles. The summed E-state index contributed by atoms with van der Waals surface area (Å²) in [7, 11) is 1.34. The fourth-order valence-corrected chi connectivity index (χ4v) is 4.37. The van der Waals surface area contributed by atoms with Gasteiger partial charge in [0.2, 0.25) is 0 Å². The lowest BCUT2D eigenvalue weighted by molar-refractivity contribution is -0.144. The number of fused-ring (bicyclic) bond motifs is 1. The highest BCUT2D eigenvalue weighted by Crippen LogP contribution is 2.32. The van der Waals surface area contributed by atoms with Crippen LogP contribution in [0.25, 0.3) is 10.2 Å². The molecule has 1 aromatic heterocycles. The van der Waals surface area contributed by atoms with E-state index in [2.05, 4.69) is 11.4 Å². The van der Waals surface area contributed by atoms with E-state index in [9.17, 15) is 9.59 Å². The first-order chi connectivity index (χ1) is 12.5. The number of rotatable bonds is 4. The van der Waals surface area contributed by atoms with Gasteiger partial charge in [0.1, 0.15) is 6.04 Å². The van der Waals surface area contributed by atoms with Crippen LogP contribution < -0.4 is 5.32 Å². The van der Waals surface area contributed by atoms with Gasteiger partial charge in [-0.1, -0.05) is 26.0 Å². The summed E-state index contributed by atoms with van der Waals surface area (Å²) in [6.07, 6.45) is 1.95. The van der Waals surface area contributed by atoms with Crippen LogP contribution in [0.3, 0.4) is 0 Å². The number of amides is 2. The fourth-order valence-electron chi connectivity index (χ4n) is 3.28. The molecule has 140 valence electrons.